The van der Waals surface area contributed by atoms with Gasteiger partial charge in [-0.2, -0.15) is 0 Å². The van der Waals surface area contributed by atoms with E-state index in [-0.39, 0.29) is 16.2 Å². The summed E-state index contributed by atoms with van der Waals surface area (Å²) in [6.07, 6.45) is 1.47. The highest BCUT2D eigenvalue weighted by Crippen LogP contribution is 2.50. The summed E-state index contributed by atoms with van der Waals surface area (Å²) >= 11 is 0. The monoisotopic (exact) mass is 388 g/mol. The van der Waals surface area contributed by atoms with Crippen LogP contribution in [-0.4, -0.2) is 30.5 Å². The number of benzene rings is 2. The Kier molecular flexibility index (Phi) is 5.48. The van der Waals surface area contributed by atoms with Crippen molar-refractivity contribution in [1.29, 1.82) is 0 Å². The fourth-order valence-electron chi connectivity index (χ4n) is 4.39. The number of aliphatic hydroxyl groups excluding tert-OH is 1. The highest BCUT2D eigenvalue weighted by atomic mass is 32.2. The van der Waals surface area contributed by atoms with Gasteiger partial charge in [0.25, 0.3) is 0 Å². The van der Waals surface area contributed by atoms with Gasteiger partial charge >= 0.3 is 0 Å². The second kappa shape index (κ2) is 7.38. The van der Waals surface area contributed by atoms with Gasteiger partial charge in [-0.1, -0.05) is 75.2 Å². The van der Waals surface area contributed by atoms with E-state index >= 15 is 0 Å². The van der Waals surface area contributed by atoms with E-state index in [0.29, 0.717) is 18.4 Å². The minimum absolute atomic E-state index is 0.113. The Labute approximate surface area is 161 Å². The van der Waals surface area contributed by atoms with Gasteiger partial charge in [0.15, 0.2) is 9.84 Å². The molecule has 0 radical (unpaired) electrons. The van der Waals surface area contributed by atoms with Crippen LogP contribution in [0.25, 0.3) is 0 Å². The van der Waals surface area contributed by atoms with Crippen molar-refractivity contribution >= 4 is 9.84 Å². The Hall–Kier alpha value is -1.69. The zero-order chi connectivity index (χ0) is 19.7. The number of unbranched alkanes of at least 4 members (excludes halogenated alkanes) is 1. The largest absolute Gasteiger partial charge is 0.389 e. The van der Waals surface area contributed by atoms with E-state index in [9.17, 15) is 18.6 Å². The Morgan fingerprint density at radius 1 is 1.04 bits per heavy atom. The molecule has 0 aliphatic carbocycles. The van der Waals surface area contributed by atoms with Gasteiger partial charge in [0.1, 0.15) is 5.60 Å². The third-order valence-electron chi connectivity index (χ3n) is 6.03. The van der Waals surface area contributed by atoms with E-state index in [1.54, 1.807) is 42.5 Å². The maximum absolute atomic E-state index is 13.3. The van der Waals surface area contributed by atoms with Crippen molar-refractivity contribution in [3.63, 3.8) is 0 Å². The Balaban J connectivity index is 2.34. The number of aliphatic hydroxyl groups is 2. The summed E-state index contributed by atoms with van der Waals surface area (Å²) < 4.78 is 26.5. The zero-order valence-electron chi connectivity index (χ0n) is 15.9. The summed E-state index contributed by atoms with van der Waals surface area (Å²) in [5.41, 5.74) is -1.93. The van der Waals surface area contributed by atoms with Crippen LogP contribution in [0.1, 0.15) is 50.7 Å². The van der Waals surface area contributed by atoms with Crippen molar-refractivity contribution in [2.45, 2.75) is 56.1 Å². The van der Waals surface area contributed by atoms with Gasteiger partial charge in [0, 0.05) is 11.0 Å². The number of fused-ring (bicyclic) bond motifs is 1. The molecule has 0 fully saturated rings. The lowest BCUT2D eigenvalue weighted by atomic mass is 9.66. The van der Waals surface area contributed by atoms with Crippen molar-refractivity contribution < 1.29 is 18.6 Å². The molecule has 3 rings (SSSR count). The van der Waals surface area contributed by atoms with E-state index in [2.05, 4.69) is 0 Å². The molecule has 5 heteroatoms. The fourth-order valence-corrected chi connectivity index (χ4v) is 6.66. The van der Waals surface area contributed by atoms with Gasteiger partial charge in [0.2, 0.25) is 0 Å². The van der Waals surface area contributed by atoms with Crippen LogP contribution < -0.4 is 0 Å². The summed E-state index contributed by atoms with van der Waals surface area (Å²) in [4.78, 5) is 0.113. The van der Waals surface area contributed by atoms with Crippen molar-refractivity contribution in [3.8, 4) is 0 Å². The quantitative estimate of drug-likeness (QED) is 0.820. The fraction of sp³-hybridized carbons (Fsp3) is 0.455. The van der Waals surface area contributed by atoms with Gasteiger partial charge < -0.3 is 10.2 Å². The minimum Gasteiger partial charge on any atom is -0.389 e. The van der Waals surface area contributed by atoms with Crippen LogP contribution in [0.3, 0.4) is 0 Å². The molecule has 0 saturated carbocycles. The minimum atomic E-state index is -3.66. The molecule has 1 aliphatic heterocycles. The molecule has 0 bridgehead atoms. The highest BCUT2D eigenvalue weighted by molar-refractivity contribution is 7.91. The third kappa shape index (κ3) is 3.22. The van der Waals surface area contributed by atoms with Gasteiger partial charge in [-0.3, -0.25) is 0 Å². The standard InChI is InChI=1S/C22H28O4S/c1-3-5-15-21(4-2)16-27(25,26)19-14-10-9-13-18(19)22(24,20(21)23)17-11-7-6-8-12-17/h6-14,20,23-24H,3-5,15-16H2,1-2H3/t20-,21+,22-/m0/s1. The average molecular weight is 389 g/mol. The molecule has 27 heavy (non-hydrogen) atoms. The molecule has 146 valence electrons. The molecule has 2 N–H and O–H groups in total. The van der Waals surface area contributed by atoms with E-state index in [1.807, 2.05) is 19.9 Å². The van der Waals surface area contributed by atoms with Gasteiger partial charge in [0.05, 0.1) is 16.8 Å². The van der Waals surface area contributed by atoms with Crippen molar-refractivity contribution in [2.24, 2.45) is 5.41 Å². The van der Waals surface area contributed by atoms with Crippen molar-refractivity contribution in [1.82, 2.24) is 0 Å². The smallest absolute Gasteiger partial charge is 0.179 e. The predicted molar refractivity (Wildman–Crippen MR) is 106 cm³/mol. The Bertz CT molecular complexity index is 894. The normalized spacial score (nSPS) is 29.7. The van der Waals surface area contributed by atoms with Crippen LogP contribution >= 0.6 is 0 Å². The first-order chi connectivity index (χ1) is 12.8. The number of hydrogen-bond acceptors (Lipinski definition) is 4. The highest BCUT2D eigenvalue weighted by Gasteiger charge is 2.56. The molecular weight excluding hydrogens is 360 g/mol. The maximum atomic E-state index is 13.3. The molecular formula is C22H28O4S. The molecule has 1 aliphatic rings. The second-order valence-electron chi connectivity index (χ2n) is 7.61. The van der Waals surface area contributed by atoms with Gasteiger partial charge in [-0.05, 0) is 24.5 Å². The van der Waals surface area contributed by atoms with Crippen molar-refractivity contribution in [3.05, 3.63) is 65.7 Å². The summed E-state index contributed by atoms with van der Waals surface area (Å²) in [7, 11) is -3.66. The lowest BCUT2D eigenvalue weighted by Gasteiger charge is -2.44. The van der Waals surface area contributed by atoms with Gasteiger partial charge in [-0.25, -0.2) is 8.42 Å². The van der Waals surface area contributed by atoms with E-state index < -0.39 is 27.0 Å². The van der Waals surface area contributed by atoms with Crippen LogP contribution in [0, 0.1) is 5.41 Å². The summed E-state index contributed by atoms with van der Waals surface area (Å²) in [5, 5.41) is 23.5. The predicted octanol–water partition coefficient (Wildman–Crippen LogP) is 3.66. The van der Waals surface area contributed by atoms with Crippen LogP contribution in [0.4, 0.5) is 0 Å². The van der Waals surface area contributed by atoms with E-state index in [1.165, 1.54) is 6.07 Å². The molecule has 0 unspecified atom stereocenters. The number of hydrogen-bond donors (Lipinski definition) is 2. The van der Waals surface area contributed by atoms with Crippen LogP contribution in [0.2, 0.25) is 0 Å². The zero-order valence-corrected chi connectivity index (χ0v) is 16.7. The molecule has 0 aromatic heterocycles. The molecule has 0 spiro atoms. The topological polar surface area (TPSA) is 74.6 Å². The van der Waals surface area contributed by atoms with Crippen molar-refractivity contribution in [2.75, 3.05) is 5.75 Å². The summed E-state index contributed by atoms with van der Waals surface area (Å²) in [6.45, 7) is 3.94. The first-order valence-electron chi connectivity index (χ1n) is 9.60. The first-order valence-corrected chi connectivity index (χ1v) is 11.3. The van der Waals surface area contributed by atoms with Gasteiger partial charge in [-0.15, -0.1) is 0 Å². The molecule has 2 aromatic rings. The lowest BCUT2D eigenvalue weighted by molar-refractivity contribution is -0.114. The maximum Gasteiger partial charge on any atom is 0.179 e. The Morgan fingerprint density at radius 3 is 2.30 bits per heavy atom. The molecule has 0 saturated heterocycles. The molecule has 4 nitrogen and oxygen atoms in total. The molecule has 2 aromatic carbocycles. The average Bonchev–Trinajstić information content (AvgIpc) is 2.75. The Morgan fingerprint density at radius 2 is 1.67 bits per heavy atom. The van der Waals surface area contributed by atoms with E-state index in [0.717, 1.165) is 12.8 Å². The van der Waals surface area contributed by atoms with Crippen LogP contribution in [-0.2, 0) is 15.4 Å². The second-order valence-corrected chi connectivity index (χ2v) is 9.57. The van der Waals surface area contributed by atoms with E-state index in [4.69, 9.17) is 0 Å². The van der Waals surface area contributed by atoms with Crippen LogP contribution in [0.5, 0.6) is 0 Å². The molecule has 1 heterocycles. The van der Waals surface area contributed by atoms with Crippen LogP contribution in [0.15, 0.2) is 59.5 Å². The number of rotatable bonds is 5. The molecule has 3 atom stereocenters. The first kappa shape index (κ1) is 20.1. The summed E-state index contributed by atoms with van der Waals surface area (Å²) in [6, 6.07) is 15.5. The summed E-state index contributed by atoms with van der Waals surface area (Å²) in [5.74, 6) is -0.163. The third-order valence-corrected chi connectivity index (χ3v) is 8.01. The lowest BCUT2D eigenvalue weighted by Crippen LogP contribution is -2.52. The molecule has 0 amide bonds. The number of sulfone groups is 1. The SMILES string of the molecule is CCCC[C@]1(CC)CS(=O)(=O)c2ccccc2[C@@](O)(c2ccccc2)[C@H]1O.